The van der Waals surface area contributed by atoms with Gasteiger partial charge in [-0.25, -0.2) is 0 Å². The summed E-state index contributed by atoms with van der Waals surface area (Å²) in [6, 6.07) is 0. The van der Waals surface area contributed by atoms with E-state index in [0.29, 0.717) is 6.54 Å². The van der Waals surface area contributed by atoms with Crippen LogP contribution in [-0.4, -0.2) is 65.1 Å². The Morgan fingerprint density at radius 2 is 2.06 bits per heavy atom. The van der Waals surface area contributed by atoms with Gasteiger partial charge < -0.3 is 15.5 Å². The van der Waals surface area contributed by atoms with Crippen molar-refractivity contribution < 1.29 is 0 Å². The Labute approximate surface area is 110 Å². The van der Waals surface area contributed by atoms with Gasteiger partial charge in [-0.1, -0.05) is 12.1 Å². The zero-order chi connectivity index (χ0) is 13.4. The number of rotatable bonds is 9. The molecule has 0 unspecified atom stereocenters. The highest BCUT2D eigenvalue weighted by Crippen LogP contribution is 1.96. The van der Waals surface area contributed by atoms with E-state index in [-0.39, 0.29) is 0 Å². The fraction of sp³-hybridized carbons (Fsp3) is 0.833. The zero-order valence-corrected chi connectivity index (χ0v) is 11.8. The molecule has 6 nitrogen and oxygen atoms in total. The first kappa shape index (κ1) is 15.1. The molecule has 1 aromatic rings. The van der Waals surface area contributed by atoms with Crippen LogP contribution in [0.5, 0.6) is 0 Å². The lowest BCUT2D eigenvalue weighted by molar-refractivity contribution is 0.253. The number of nitrogens with two attached hydrogens (primary N) is 1. The number of likely N-dealkylation sites (N-methyl/N-ethyl adjacent to an activating group) is 1. The van der Waals surface area contributed by atoms with Gasteiger partial charge in [-0.3, -0.25) is 4.68 Å². The smallest absolute Gasteiger partial charge is 0.0962 e. The van der Waals surface area contributed by atoms with E-state index in [4.69, 9.17) is 5.73 Å². The first-order valence-electron chi connectivity index (χ1n) is 6.61. The van der Waals surface area contributed by atoms with Gasteiger partial charge >= 0.3 is 0 Å². The van der Waals surface area contributed by atoms with Crippen LogP contribution in [0.2, 0.25) is 0 Å². The summed E-state index contributed by atoms with van der Waals surface area (Å²) in [6.07, 6.45) is 3.12. The van der Waals surface area contributed by atoms with Crippen molar-refractivity contribution in [1.82, 2.24) is 24.8 Å². The maximum atomic E-state index is 5.51. The highest BCUT2D eigenvalue weighted by atomic mass is 15.4. The molecule has 0 aromatic carbocycles. The summed E-state index contributed by atoms with van der Waals surface area (Å²) in [5.74, 6) is 0. The molecule has 1 heterocycles. The van der Waals surface area contributed by atoms with Gasteiger partial charge in [-0.2, -0.15) is 0 Å². The predicted molar refractivity (Wildman–Crippen MR) is 73.2 cm³/mol. The number of hydrogen-bond donors (Lipinski definition) is 1. The van der Waals surface area contributed by atoms with E-state index in [0.717, 1.165) is 38.4 Å². The summed E-state index contributed by atoms with van der Waals surface area (Å²) in [5.41, 5.74) is 6.36. The second kappa shape index (κ2) is 8.18. The number of aromatic nitrogens is 3. The van der Waals surface area contributed by atoms with Gasteiger partial charge in [-0.05, 0) is 40.2 Å². The Morgan fingerprint density at radius 1 is 1.28 bits per heavy atom. The molecule has 6 heteroatoms. The van der Waals surface area contributed by atoms with Crippen LogP contribution in [0.25, 0.3) is 0 Å². The maximum Gasteiger partial charge on any atom is 0.0962 e. The lowest BCUT2D eigenvalue weighted by atomic mass is 10.3. The quantitative estimate of drug-likeness (QED) is 0.672. The third kappa shape index (κ3) is 5.57. The van der Waals surface area contributed by atoms with Gasteiger partial charge in [0, 0.05) is 19.3 Å². The molecule has 18 heavy (non-hydrogen) atoms. The molecule has 0 amide bonds. The standard InChI is InChI=1S/C12H26N6/c1-4-17(7-5-6-16(2)3)8-9-18-11-12(10-13)14-15-18/h11H,4-10,13H2,1-3H3. The molecule has 0 saturated carbocycles. The number of hydrogen-bond acceptors (Lipinski definition) is 5. The maximum absolute atomic E-state index is 5.51. The van der Waals surface area contributed by atoms with Crippen molar-refractivity contribution in [2.75, 3.05) is 40.3 Å². The molecule has 0 radical (unpaired) electrons. The van der Waals surface area contributed by atoms with E-state index in [2.05, 4.69) is 41.1 Å². The Hall–Kier alpha value is -0.980. The average molecular weight is 254 g/mol. The monoisotopic (exact) mass is 254 g/mol. The van der Waals surface area contributed by atoms with Crippen LogP contribution >= 0.6 is 0 Å². The van der Waals surface area contributed by atoms with Gasteiger partial charge in [0.15, 0.2) is 0 Å². The summed E-state index contributed by atoms with van der Waals surface area (Å²) >= 11 is 0. The van der Waals surface area contributed by atoms with Crippen LogP contribution in [0.4, 0.5) is 0 Å². The Balaban J connectivity index is 2.26. The molecule has 0 saturated heterocycles. The van der Waals surface area contributed by atoms with E-state index in [9.17, 15) is 0 Å². The van der Waals surface area contributed by atoms with E-state index in [1.165, 1.54) is 6.42 Å². The van der Waals surface area contributed by atoms with Crippen LogP contribution in [0.3, 0.4) is 0 Å². The van der Waals surface area contributed by atoms with Crippen molar-refractivity contribution in [2.45, 2.75) is 26.4 Å². The van der Waals surface area contributed by atoms with Gasteiger partial charge in [0.25, 0.3) is 0 Å². The van der Waals surface area contributed by atoms with Crippen LogP contribution in [0.1, 0.15) is 19.0 Å². The largest absolute Gasteiger partial charge is 0.325 e. The minimum absolute atomic E-state index is 0.459. The van der Waals surface area contributed by atoms with Crippen LogP contribution in [0.15, 0.2) is 6.20 Å². The van der Waals surface area contributed by atoms with Crippen molar-refractivity contribution in [2.24, 2.45) is 5.73 Å². The van der Waals surface area contributed by atoms with Crippen LogP contribution in [-0.2, 0) is 13.1 Å². The highest BCUT2D eigenvalue weighted by molar-refractivity contribution is 4.90. The minimum atomic E-state index is 0.459. The van der Waals surface area contributed by atoms with Gasteiger partial charge in [-0.15, -0.1) is 5.10 Å². The van der Waals surface area contributed by atoms with Crippen molar-refractivity contribution in [3.63, 3.8) is 0 Å². The summed E-state index contributed by atoms with van der Waals surface area (Å²) in [4.78, 5) is 4.66. The molecular weight excluding hydrogens is 228 g/mol. The van der Waals surface area contributed by atoms with Crippen LogP contribution < -0.4 is 5.73 Å². The number of nitrogens with zero attached hydrogens (tertiary/aromatic N) is 5. The Morgan fingerprint density at radius 3 is 2.61 bits per heavy atom. The fourth-order valence-corrected chi connectivity index (χ4v) is 1.82. The van der Waals surface area contributed by atoms with Crippen LogP contribution in [0, 0.1) is 0 Å². The molecule has 0 fully saturated rings. The molecule has 2 N–H and O–H groups in total. The highest BCUT2D eigenvalue weighted by Gasteiger charge is 2.04. The molecular formula is C12H26N6. The second-order valence-corrected chi connectivity index (χ2v) is 4.77. The van der Waals surface area contributed by atoms with Crippen molar-refractivity contribution in [3.05, 3.63) is 11.9 Å². The van der Waals surface area contributed by atoms with Gasteiger partial charge in [0.1, 0.15) is 0 Å². The van der Waals surface area contributed by atoms with E-state index >= 15 is 0 Å². The SMILES string of the molecule is CCN(CCCN(C)C)CCn1cc(CN)nn1. The summed E-state index contributed by atoms with van der Waals surface area (Å²) in [7, 11) is 4.22. The minimum Gasteiger partial charge on any atom is -0.325 e. The molecule has 104 valence electrons. The Kier molecular flexibility index (Phi) is 6.85. The third-order valence-electron chi connectivity index (χ3n) is 2.97. The Bertz CT molecular complexity index is 322. The van der Waals surface area contributed by atoms with Crippen molar-refractivity contribution >= 4 is 0 Å². The first-order chi connectivity index (χ1) is 8.65. The van der Waals surface area contributed by atoms with E-state index in [1.54, 1.807) is 0 Å². The second-order valence-electron chi connectivity index (χ2n) is 4.77. The van der Waals surface area contributed by atoms with E-state index in [1.807, 2.05) is 10.9 Å². The lowest BCUT2D eigenvalue weighted by Crippen LogP contribution is -2.30. The molecule has 0 spiro atoms. The molecule has 0 bridgehead atoms. The fourth-order valence-electron chi connectivity index (χ4n) is 1.82. The average Bonchev–Trinajstić information content (AvgIpc) is 2.81. The summed E-state index contributed by atoms with van der Waals surface area (Å²) in [5, 5.41) is 8.04. The van der Waals surface area contributed by atoms with Crippen molar-refractivity contribution in [1.29, 1.82) is 0 Å². The third-order valence-corrected chi connectivity index (χ3v) is 2.97. The molecule has 0 aliphatic heterocycles. The molecule has 0 atom stereocenters. The molecule has 1 rings (SSSR count). The molecule has 0 aliphatic rings. The first-order valence-corrected chi connectivity index (χ1v) is 6.61. The topological polar surface area (TPSA) is 63.2 Å². The van der Waals surface area contributed by atoms with E-state index < -0.39 is 0 Å². The normalized spacial score (nSPS) is 11.7. The van der Waals surface area contributed by atoms with Gasteiger partial charge in [0.05, 0.1) is 12.2 Å². The predicted octanol–water partition coefficient (Wildman–Crippen LogP) is 0.0104. The molecule has 0 aliphatic carbocycles. The molecule has 1 aromatic heterocycles. The zero-order valence-electron chi connectivity index (χ0n) is 11.8. The lowest BCUT2D eigenvalue weighted by Gasteiger charge is -2.21. The summed E-state index contributed by atoms with van der Waals surface area (Å²) < 4.78 is 1.87. The van der Waals surface area contributed by atoms with Gasteiger partial charge in [0.2, 0.25) is 0 Å². The summed E-state index contributed by atoms with van der Waals surface area (Å²) in [6.45, 7) is 7.89. The van der Waals surface area contributed by atoms with Crippen molar-refractivity contribution in [3.8, 4) is 0 Å².